The molecule has 7 nitrogen and oxygen atoms in total. The van der Waals surface area contributed by atoms with Crippen molar-refractivity contribution in [3.8, 4) is 0 Å². The number of carbonyl (C=O) groups excluding carboxylic acids is 1. The maximum absolute atomic E-state index is 11.7. The Morgan fingerprint density at radius 3 is 2.94 bits per heavy atom. The van der Waals surface area contributed by atoms with E-state index in [2.05, 4.69) is 30.9 Å². The van der Waals surface area contributed by atoms with E-state index in [9.17, 15) is 4.79 Å². The minimum Gasteiger partial charge on any atom is -0.345 e. The highest BCUT2D eigenvalue weighted by molar-refractivity contribution is 6.41. The summed E-state index contributed by atoms with van der Waals surface area (Å²) in [5, 5.41) is 16.0. The molecule has 0 aliphatic rings. The third-order valence-electron chi connectivity index (χ3n) is 1.85. The normalized spacial score (nSPS) is 10.2. The summed E-state index contributed by atoms with van der Waals surface area (Å²) in [6, 6.07) is 1.43. The topological polar surface area (TPSA) is 96.5 Å². The zero-order valence-corrected chi connectivity index (χ0v) is 9.83. The first-order chi connectivity index (χ1) is 8.16. The number of nitrogens with zero attached hydrogens (tertiary/aromatic N) is 4. The zero-order valence-electron chi connectivity index (χ0n) is 8.31. The third kappa shape index (κ3) is 2.89. The quantitative estimate of drug-likeness (QED) is 0.807. The zero-order chi connectivity index (χ0) is 12.3. The standard InChI is InChI=1S/C8H6Cl2N6O/c9-5-1-4(2-11-7(5)10)8(17)12-3-6-13-15-16-14-6/h1-2H,3H2,(H,12,17)(H,13,14,15,16). The molecule has 0 atom stereocenters. The van der Waals surface area contributed by atoms with Gasteiger partial charge in [0.05, 0.1) is 17.1 Å². The SMILES string of the molecule is O=C(NCc1nn[nH]n1)c1cnc(Cl)c(Cl)c1. The first-order valence-electron chi connectivity index (χ1n) is 4.48. The molecule has 0 fully saturated rings. The number of aromatic amines is 1. The predicted molar refractivity (Wildman–Crippen MR) is 59.6 cm³/mol. The van der Waals surface area contributed by atoms with Crippen LogP contribution in [0.4, 0.5) is 0 Å². The highest BCUT2D eigenvalue weighted by Gasteiger charge is 2.09. The minimum absolute atomic E-state index is 0.154. The van der Waals surface area contributed by atoms with E-state index in [0.29, 0.717) is 11.4 Å². The second kappa shape index (κ2) is 5.07. The summed E-state index contributed by atoms with van der Waals surface area (Å²) in [5.74, 6) is 0.0345. The summed E-state index contributed by atoms with van der Waals surface area (Å²) in [5.41, 5.74) is 0.308. The van der Waals surface area contributed by atoms with Gasteiger partial charge in [-0.1, -0.05) is 28.4 Å². The molecule has 2 aromatic rings. The van der Waals surface area contributed by atoms with E-state index >= 15 is 0 Å². The Hall–Kier alpha value is -1.73. The smallest absolute Gasteiger partial charge is 0.253 e. The van der Waals surface area contributed by atoms with Gasteiger partial charge in [0.15, 0.2) is 5.82 Å². The van der Waals surface area contributed by atoms with Gasteiger partial charge in [-0.2, -0.15) is 5.21 Å². The number of halogens is 2. The van der Waals surface area contributed by atoms with E-state index in [1.54, 1.807) is 0 Å². The van der Waals surface area contributed by atoms with Gasteiger partial charge >= 0.3 is 0 Å². The van der Waals surface area contributed by atoms with Gasteiger partial charge in [-0.25, -0.2) is 4.98 Å². The largest absolute Gasteiger partial charge is 0.345 e. The molecule has 17 heavy (non-hydrogen) atoms. The van der Waals surface area contributed by atoms with Gasteiger partial charge in [-0.05, 0) is 6.07 Å². The molecule has 2 rings (SSSR count). The Morgan fingerprint density at radius 1 is 1.47 bits per heavy atom. The van der Waals surface area contributed by atoms with Crippen LogP contribution in [0.25, 0.3) is 0 Å². The van der Waals surface area contributed by atoms with E-state index in [1.165, 1.54) is 12.3 Å². The third-order valence-corrected chi connectivity index (χ3v) is 2.54. The van der Waals surface area contributed by atoms with Crippen molar-refractivity contribution in [1.82, 2.24) is 30.9 Å². The van der Waals surface area contributed by atoms with Crippen molar-refractivity contribution in [1.29, 1.82) is 0 Å². The fourth-order valence-electron chi connectivity index (χ4n) is 1.06. The van der Waals surface area contributed by atoms with Gasteiger partial charge < -0.3 is 5.32 Å². The molecular formula is C8H6Cl2N6O. The van der Waals surface area contributed by atoms with Crippen molar-refractivity contribution in [2.24, 2.45) is 0 Å². The molecule has 0 aliphatic carbocycles. The molecular weight excluding hydrogens is 267 g/mol. The second-order valence-corrected chi connectivity index (χ2v) is 3.77. The van der Waals surface area contributed by atoms with E-state index < -0.39 is 0 Å². The van der Waals surface area contributed by atoms with Crippen LogP contribution >= 0.6 is 23.2 Å². The summed E-state index contributed by atoms with van der Waals surface area (Å²) in [6.07, 6.45) is 1.33. The number of carbonyl (C=O) groups is 1. The maximum Gasteiger partial charge on any atom is 0.253 e. The second-order valence-electron chi connectivity index (χ2n) is 3.01. The van der Waals surface area contributed by atoms with Crippen molar-refractivity contribution in [2.75, 3.05) is 0 Å². The van der Waals surface area contributed by atoms with Crippen LogP contribution in [0.5, 0.6) is 0 Å². The predicted octanol–water partition coefficient (Wildman–Crippen LogP) is 0.831. The average Bonchev–Trinajstić information content (AvgIpc) is 2.82. The van der Waals surface area contributed by atoms with Crippen LogP contribution < -0.4 is 5.32 Å². The molecule has 0 bridgehead atoms. The van der Waals surface area contributed by atoms with E-state index in [1.807, 2.05) is 0 Å². The molecule has 2 aromatic heterocycles. The number of hydrogen-bond acceptors (Lipinski definition) is 5. The van der Waals surface area contributed by atoms with Crippen LogP contribution in [0, 0.1) is 0 Å². The van der Waals surface area contributed by atoms with Crippen LogP contribution in [-0.2, 0) is 6.54 Å². The summed E-state index contributed by atoms with van der Waals surface area (Å²) in [4.78, 5) is 15.4. The van der Waals surface area contributed by atoms with Crippen LogP contribution in [0.15, 0.2) is 12.3 Å². The lowest BCUT2D eigenvalue weighted by Gasteiger charge is -2.03. The summed E-state index contributed by atoms with van der Waals surface area (Å²) >= 11 is 11.4. The molecule has 88 valence electrons. The molecule has 0 spiro atoms. The molecule has 2 N–H and O–H groups in total. The Morgan fingerprint density at radius 2 is 2.29 bits per heavy atom. The molecule has 0 aromatic carbocycles. The fraction of sp³-hybridized carbons (Fsp3) is 0.125. The summed E-state index contributed by atoms with van der Waals surface area (Å²) in [7, 11) is 0. The maximum atomic E-state index is 11.7. The summed E-state index contributed by atoms with van der Waals surface area (Å²) in [6.45, 7) is 0.162. The number of hydrogen-bond donors (Lipinski definition) is 2. The molecule has 2 heterocycles. The number of aromatic nitrogens is 5. The van der Waals surface area contributed by atoms with Gasteiger partial charge in [0.2, 0.25) is 0 Å². The number of amides is 1. The first-order valence-corrected chi connectivity index (χ1v) is 5.24. The lowest BCUT2D eigenvalue weighted by atomic mass is 10.2. The summed E-state index contributed by atoms with van der Waals surface area (Å²) < 4.78 is 0. The number of rotatable bonds is 3. The molecule has 0 unspecified atom stereocenters. The molecule has 0 aliphatic heterocycles. The van der Waals surface area contributed by atoms with Crippen molar-refractivity contribution in [3.63, 3.8) is 0 Å². The number of H-pyrrole nitrogens is 1. The molecule has 0 saturated heterocycles. The Balaban J connectivity index is 2.02. The molecule has 0 radical (unpaired) electrons. The van der Waals surface area contributed by atoms with Crippen molar-refractivity contribution >= 4 is 29.1 Å². The van der Waals surface area contributed by atoms with Gasteiger partial charge in [0, 0.05) is 6.20 Å². The van der Waals surface area contributed by atoms with Gasteiger partial charge in [0.25, 0.3) is 5.91 Å². The number of pyridine rings is 1. The van der Waals surface area contributed by atoms with Crippen molar-refractivity contribution in [2.45, 2.75) is 6.54 Å². The highest BCUT2D eigenvalue weighted by atomic mass is 35.5. The molecule has 0 saturated carbocycles. The molecule has 1 amide bonds. The van der Waals surface area contributed by atoms with Crippen molar-refractivity contribution < 1.29 is 4.79 Å². The Kier molecular flexibility index (Phi) is 3.50. The van der Waals surface area contributed by atoms with Crippen LogP contribution in [0.3, 0.4) is 0 Å². The van der Waals surface area contributed by atoms with E-state index in [0.717, 1.165) is 0 Å². The average molecular weight is 273 g/mol. The van der Waals surface area contributed by atoms with E-state index in [-0.39, 0.29) is 22.6 Å². The van der Waals surface area contributed by atoms with Gasteiger partial charge in [-0.3, -0.25) is 4.79 Å². The lowest BCUT2D eigenvalue weighted by Crippen LogP contribution is -2.23. The van der Waals surface area contributed by atoms with Crippen LogP contribution in [-0.4, -0.2) is 31.5 Å². The monoisotopic (exact) mass is 272 g/mol. The van der Waals surface area contributed by atoms with Crippen LogP contribution in [0.2, 0.25) is 10.2 Å². The lowest BCUT2D eigenvalue weighted by molar-refractivity contribution is 0.0949. The van der Waals surface area contributed by atoms with Crippen molar-refractivity contribution in [3.05, 3.63) is 33.8 Å². The fourth-order valence-corrected chi connectivity index (χ4v) is 1.33. The Labute approximate surface area is 106 Å². The minimum atomic E-state index is -0.346. The number of tetrazole rings is 1. The highest BCUT2D eigenvalue weighted by Crippen LogP contribution is 2.19. The first kappa shape index (κ1) is 11.7. The number of nitrogens with one attached hydrogen (secondary N) is 2. The van der Waals surface area contributed by atoms with Crippen LogP contribution in [0.1, 0.15) is 16.2 Å². The van der Waals surface area contributed by atoms with E-state index in [4.69, 9.17) is 23.2 Å². The van der Waals surface area contributed by atoms with Gasteiger partial charge in [-0.15, -0.1) is 10.2 Å². The van der Waals surface area contributed by atoms with Gasteiger partial charge in [0.1, 0.15) is 5.15 Å². The molecule has 9 heteroatoms. The Bertz CT molecular complexity index is 529.